The summed E-state index contributed by atoms with van der Waals surface area (Å²) in [7, 11) is 0. The summed E-state index contributed by atoms with van der Waals surface area (Å²) in [5.41, 5.74) is 1.55. The Labute approximate surface area is 227 Å². The number of hydrogen-bond donors (Lipinski definition) is 0. The van der Waals surface area contributed by atoms with E-state index in [1.807, 2.05) is 0 Å². The first-order valence-corrected chi connectivity index (χ1v) is 12.8. The van der Waals surface area contributed by atoms with Gasteiger partial charge in [0.15, 0.2) is 12.4 Å². The molecule has 194 valence electrons. The number of ketones is 1. The molecule has 0 saturated carbocycles. The van der Waals surface area contributed by atoms with E-state index in [1.54, 1.807) is 48.5 Å². The molecule has 0 aromatic heterocycles. The van der Waals surface area contributed by atoms with Gasteiger partial charge in [0, 0.05) is 23.0 Å². The van der Waals surface area contributed by atoms with Crippen LogP contribution < -0.4 is 4.74 Å². The highest BCUT2D eigenvalue weighted by Crippen LogP contribution is 2.23. The molecule has 0 bridgehead atoms. The van der Waals surface area contributed by atoms with Crippen LogP contribution in [-0.2, 0) is 9.53 Å². The van der Waals surface area contributed by atoms with Crippen molar-refractivity contribution in [2.24, 2.45) is 0 Å². The van der Waals surface area contributed by atoms with Gasteiger partial charge in [0.1, 0.15) is 5.75 Å². The van der Waals surface area contributed by atoms with Crippen molar-refractivity contribution in [1.29, 1.82) is 0 Å². The van der Waals surface area contributed by atoms with E-state index in [2.05, 4.69) is 15.9 Å². The van der Waals surface area contributed by atoms with Crippen LogP contribution in [0.15, 0.2) is 77.3 Å². The lowest BCUT2D eigenvalue weighted by Crippen LogP contribution is -2.30. The third-order valence-corrected chi connectivity index (χ3v) is 6.50. The lowest BCUT2D eigenvalue weighted by Gasteiger charge is -2.13. The molecule has 1 aliphatic rings. The number of esters is 2. The van der Waals surface area contributed by atoms with E-state index in [0.29, 0.717) is 41.5 Å². The van der Waals surface area contributed by atoms with Gasteiger partial charge in [-0.05, 0) is 73.5 Å². The SMILES string of the molecule is O=C(CCCCCN1C(=O)c2ccccc2C1=O)OCC(=O)c1ccc(OC(=O)c2ccc(Br)cc2)cc1. The van der Waals surface area contributed by atoms with Crippen molar-refractivity contribution in [3.8, 4) is 5.75 Å². The maximum Gasteiger partial charge on any atom is 0.343 e. The molecule has 38 heavy (non-hydrogen) atoms. The molecule has 1 aliphatic heterocycles. The van der Waals surface area contributed by atoms with E-state index in [1.165, 1.54) is 29.2 Å². The van der Waals surface area contributed by atoms with Crippen LogP contribution in [0, 0.1) is 0 Å². The van der Waals surface area contributed by atoms with Crippen molar-refractivity contribution in [3.63, 3.8) is 0 Å². The van der Waals surface area contributed by atoms with Crippen LogP contribution in [0.1, 0.15) is 67.1 Å². The number of nitrogens with zero attached hydrogens (tertiary/aromatic N) is 1. The molecule has 0 aliphatic carbocycles. The molecule has 9 heteroatoms. The third-order valence-electron chi connectivity index (χ3n) is 5.97. The number of halogens is 1. The van der Waals surface area contributed by atoms with Crippen molar-refractivity contribution in [2.75, 3.05) is 13.2 Å². The largest absolute Gasteiger partial charge is 0.457 e. The Bertz CT molecular complexity index is 1330. The van der Waals surface area contributed by atoms with Gasteiger partial charge in [-0.2, -0.15) is 0 Å². The number of unbranched alkanes of at least 4 members (excludes halogenated alkanes) is 2. The van der Waals surface area contributed by atoms with Crippen molar-refractivity contribution in [1.82, 2.24) is 4.90 Å². The van der Waals surface area contributed by atoms with Gasteiger partial charge >= 0.3 is 11.9 Å². The monoisotopic (exact) mass is 577 g/mol. The minimum Gasteiger partial charge on any atom is -0.457 e. The molecular formula is C29H24BrNO7. The van der Waals surface area contributed by atoms with Crippen LogP contribution in [0.25, 0.3) is 0 Å². The van der Waals surface area contributed by atoms with Crippen LogP contribution >= 0.6 is 15.9 Å². The average Bonchev–Trinajstić information content (AvgIpc) is 3.17. The summed E-state index contributed by atoms with van der Waals surface area (Å²) in [5, 5.41) is 0. The molecule has 0 N–H and O–H groups in total. The number of Topliss-reactive ketones (excluding diaryl/α,β-unsaturated/α-hetero) is 1. The maximum atomic E-state index is 12.4. The van der Waals surface area contributed by atoms with Crippen LogP contribution in [0.2, 0.25) is 0 Å². The number of amides is 2. The molecule has 1 heterocycles. The number of ether oxygens (including phenoxy) is 2. The van der Waals surface area contributed by atoms with Crippen molar-refractivity contribution < 1.29 is 33.4 Å². The van der Waals surface area contributed by atoms with Crippen molar-refractivity contribution >= 4 is 45.5 Å². The fourth-order valence-corrected chi connectivity index (χ4v) is 4.18. The third kappa shape index (κ3) is 6.60. The molecule has 0 spiro atoms. The number of hydrogen-bond acceptors (Lipinski definition) is 7. The predicted molar refractivity (Wildman–Crippen MR) is 141 cm³/mol. The molecular weight excluding hydrogens is 554 g/mol. The Morgan fingerprint density at radius 2 is 1.34 bits per heavy atom. The first-order chi connectivity index (χ1) is 18.3. The van der Waals surface area contributed by atoms with Crippen molar-refractivity contribution in [2.45, 2.75) is 25.7 Å². The zero-order valence-corrected chi connectivity index (χ0v) is 21.9. The van der Waals surface area contributed by atoms with E-state index in [9.17, 15) is 24.0 Å². The maximum absolute atomic E-state index is 12.4. The molecule has 4 rings (SSSR count). The topological polar surface area (TPSA) is 107 Å². The number of carbonyl (C=O) groups excluding carboxylic acids is 5. The van der Waals surface area contributed by atoms with Gasteiger partial charge in [0.05, 0.1) is 16.7 Å². The predicted octanol–water partition coefficient (Wildman–Crippen LogP) is 5.25. The number of benzene rings is 3. The molecule has 0 atom stereocenters. The van der Waals surface area contributed by atoms with Crippen LogP contribution in [0.4, 0.5) is 0 Å². The Morgan fingerprint density at radius 1 is 0.737 bits per heavy atom. The number of fused-ring (bicyclic) bond motifs is 1. The van der Waals surface area contributed by atoms with E-state index >= 15 is 0 Å². The second-order valence-electron chi connectivity index (χ2n) is 8.62. The summed E-state index contributed by atoms with van der Waals surface area (Å²) < 4.78 is 11.2. The molecule has 0 radical (unpaired) electrons. The molecule has 3 aromatic carbocycles. The van der Waals surface area contributed by atoms with Gasteiger partial charge in [-0.15, -0.1) is 0 Å². The van der Waals surface area contributed by atoms with Crippen LogP contribution in [-0.4, -0.2) is 47.6 Å². The van der Waals surface area contributed by atoms with Gasteiger partial charge in [-0.25, -0.2) is 4.79 Å². The second-order valence-corrected chi connectivity index (χ2v) is 9.54. The zero-order valence-electron chi connectivity index (χ0n) is 20.4. The lowest BCUT2D eigenvalue weighted by atomic mass is 10.1. The minimum atomic E-state index is -0.519. The molecule has 0 unspecified atom stereocenters. The van der Waals surface area contributed by atoms with Gasteiger partial charge in [0.25, 0.3) is 11.8 Å². The number of carbonyl (C=O) groups is 5. The first-order valence-electron chi connectivity index (χ1n) is 12.1. The smallest absolute Gasteiger partial charge is 0.343 e. The number of imide groups is 1. The van der Waals surface area contributed by atoms with E-state index < -0.39 is 18.5 Å². The molecule has 0 saturated heterocycles. The summed E-state index contributed by atoms with van der Waals surface area (Å²) in [4.78, 5) is 62.5. The minimum absolute atomic E-state index is 0.125. The van der Waals surface area contributed by atoms with Gasteiger partial charge in [-0.1, -0.05) is 34.5 Å². The highest BCUT2D eigenvalue weighted by molar-refractivity contribution is 9.10. The summed E-state index contributed by atoms with van der Waals surface area (Å²) in [6, 6.07) is 19.5. The van der Waals surface area contributed by atoms with E-state index in [-0.39, 0.29) is 36.3 Å². The Hall–Kier alpha value is -4.11. The Balaban J connectivity index is 1.13. The first kappa shape index (κ1) is 26.9. The van der Waals surface area contributed by atoms with Crippen molar-refractivity contribution in [3.05, 3.63) is 99.5 Å². The zero-order chi connectivity index (χ0) is 27.1. The van der Waals surface area contributed by atoms with Crippen LogP contribution in [0.5, 0.6) is 5.75 Å². The Morgan fingerprint density at radius 3 is 1.97 bits per heavy atom. The summed E-state index contributed by atoms with van der Waals surface area (Å²) in [6.45, 7) is -0.111. The summed E-state index contributed by atoms with van der Waals surface area (Å²) in [6.07, 6.45) is 1.82. The fraction of sp³-hybridized carbons (Fsp3) is 0.207. The number of rotatable bonds is 11. The van der Waals surface area contributed by atoms with Gasteiger partial charge in [0.2, 0.25) is 0 Å². The van der Waals surface area contributed by atoms with Gasteiger partial charge in [-0.3, -0.25) is 24.1 Å². The lowest BCUT2D eigenvalue weighted by molar-refractivity contribution is -0.142. The van der Waals surface area contributed by atoms with Crippen LogP contribution in [0.3, 0.4) is 0 Å². The van der Waals surface area contributed by atoms with Gasteiger partial charge < -0.3 is 9.47 Å². The Kier molecular flexibility index (Phi) is 8.81. The summed E-state index contributed by atoms with van der Waals surface area (Å²) >= 11 is 3.31. The molecule has 8 nitrogen and oxygen atoms in total. The molecule has 0 fully saturated rings. The quantitative estimate of drug-likeness (QED) is 0.101. The summed E-state index contributed by atoms with van der Waals surface area (Å²) in [5.74, 6) is -1.70. The van der Waals surface area contributed by atoms with E-state index in [4.69, 9.17) is 9.47 Å². The molecule has 2 amide bonds. The highest BCUT2D eigenvalue weighted by atomic mass is 79.9. The molecule has 3 aromatic rings. The highest BCUT2D eigenvalue weighted by Gasteiger charge is 2.34. The van der Waals surface area contributed by atoms with E-state index in [0.717, 1.165) is 4.47 Å². The average molecular weight is 578 g/mol. The standard InChI is InChI=1S/C29H24BrNO7/c30-21-13-9-20(10-14-21)29(36)38-22-15-11-19(12-16-22)25(32)18-37-26(33)8-2-1-5-17-31-27(34)23-6-3-4-7-24(23)28(31)35/h3-4,6-7,9-16H,1-2,5,8,17-18H2. The second kappa shape index (κ2) is 12.4. The fourth-order valence-electron chi connectivity index (χ4n) is 3.92. The normalized spacial score (nSPS) is 12.3.